The van der Waals surface area contributed by atoms with E-state index in [-0.39, 0.29) is 5.91 Å². The molecule has 1 aromatic rings. The largest absolute Gasteiger partial charge is 0.310 e. The number of nitrogens with one attached hydrogen (secondary N) is 1. The van der Waals surface area contributed by atoms with Crippen molar-refractivity contribution >= 4 is 27.7 Å². The highest BCUT2D eigenvalue weighted by molar-refractivity contribution is 9.10. The van der Waals surface area contributed by atoms with E-state index in [0.717, 1.165) is 24.1 Å². The van der Waals surface area contributed by atoms with Crippen LogP contribution in [0, 0.1) is 0 Å². The van der Waals surface area contributed by atoms with Crippen LogP contribution in [-0.2, 0) is 4.79 Å². The van der Waals surface area contributed by atoms with Crippen molar-refractivity contribution in [1.29, 1.82) is 0 Å². The summed E-state index contributed by atoms with van der Waals surface area (Å²) in [6, 6.07) is 4.05. The van der Waals surface area contributed by atoms with E-state index in [4.69, 9.17) is 0 Å². The molecular weight excluding hydrogens is 308 g/mol. The minimum Gasteiger partial charge on any atom is -0.310 e. The van der Waals surface area contributed by atoms with Gasteiger partial charge in [-0.3, -0.25) is 9.69 Å². The van der Waals surface area contributed by atoms with E-state index < -0.39 is 0 Å². The number of amides is 1. The highest BCUT2D eigenvalue weighted by Crippen LogP contribution is 2.11. The molecule has 1 amide bonds. The summed E-state index contributed by atoms with van der Waals surface area (Å²) in [6.45, 7) is 5.52. The molecule has 0 aromatic carbocycles. The van der Waals surface area contributed by atoms with Gasteiger partial charge in [-0.1, -0.05) is 0 Å². The zero-order valence-corrected chi connectivity index (χ0v) is 12.9. The first-order valence-corrected chi connectivity index (χ1v) is 7.18. The molecule has 5 nitrogen and oxygen atoms in total. The molecule has 2 rings (SSSR count). The fourth-order valence-electron chi connectivity index (χ4n) is 2.23. The number of carbonyl (C=O) groups is 1. The number of pyridine rings is 1. The normalized spacial score (nSPS) is 21.3. The molecule has 2 heterocycles. The number of piperazine rings is 1. The molecule has 1 aliphatic heterocycles. The zero-order chi connectivity index (χ0) is 13.8. The maximum atomic E-state index is 12.0. The smallest absolute Gasteiger partial charge is 0.239 e. The predicted octanol–water partition coefficient (Wildman–Crippen LogP) is 1.42. The fourth-order valence-corrected chi connectivity index (χ4v) is 2.46. The molecule has 0 bridgehead atoms. The first-order valence-electron chi connectivity index (χ1n) is 6.38. The van der Waals surface area contributed by atoms with Crippen molar-refractivity contribution < 1.29 is 4.79 Å². The van der Waals surface area contributed by atoms with Gasteiger partial charge in [0.1, 0.15) is 5.82 Å². The van der Waals surface area contributed by atoms with Crippen LogP contribution in [0.3, 0.4) is 0 Å². The minimum atomic E-state index is -0.00812. The van der Waals surface area contributed by atoms with Crippen LogP contribution in [0.4, 0.5) is 5.82 Å². The molecule has 1 aromatic heterocycles. The van der Waals surface area contributed by atoms with Crippen molar-refractivity contribution in [2.45, 2.75) is 13.0 Å². The Labute approximate surface area is 122 Å². The molecule has 104 valence electrons. The summed E-state index contributed by atoms with van der Waals surface area (Å²) in [4.78, 5) is 20.6. The Balaban J connectivity index is 1.85. The Hall–Kier alpha value is -0.980. The Kier molecular flexibility index (Phi) is 4.90. The second-order valence-electron chi connectivity index (χ2n) is 4.99. The number of rotatable bonds is 3. The van der Waals surface area contributed by atoms with Crippen LogP contribution in [0.2, 0.25) is 0 Å². The monoisotopic (exact) mass is 326 g/mol. The highest BCUT2D eigenvalue weighted by Gasteiger charge is 2.23. The first kappa shape index (κ1) is 14.4. The van der Waals surface area contributed by atoms with Gasteiger partial charge in [-0.15, -0.1) is 0 Å². The predicted molar refractivity (Wildman–Crippen MR) is 79.1 cm³/mol. The van der Waals surface area contributed by atoms with Crippen molar-refractivity contribution in [2.75, 3.05) is 38.5 Å². The van der Waals surface area contributed by atoms with Gasteiger partial charge in [-0.05, 0) is 42.0 Å². The van der Waals surface area contributed by atoms with Gasteiger partial charge in [0.25, 0.3) is 0 Å². The summed E-state index contributed by atoms with van der Waals surface area (Å²) in [7, 11) is 2.11. The second kappa shape index (κ2) is 6.45. The number of hydrogen-bond acceptors (Lipinski definition) is 4. The Morgan fingerprint density at radius 3 is 2.95 bits per heavy atom. The molecule has 0 saturated carbocycles. The van der Waals surface area contributed by atoms with Crippen molar-refractivity contribution in [3.05, 3.63) is 22.8 Å². The van der Waals surface area contributed by atoms with Crippen LogP contribution < -0.4 is 5.32 Å². The van der Waals surface area contributed by atoms with E-state index in [1.165, 1.54) is 0 Å². The van der Waals surface area contributed by atoms with Crippen LogP contribution in [0.25, 0.3) is 0 Å². The lowest BCUT2D eigenvalue weighted by molar-refractivity contribution is -0.118. The molecule has 1 unspecified atom stereocenters. The molecular formula is C13H19BrN4O. The number of aromatic nitrogens is 1. The Morgan fingerprint density at radius 2 is 2.32 bits per heavy atom. The van der Waals surface area contributed by atoms with Crippen LogP contribution in [-0.4, -0.2) is 60.0 Å². The summed E-state index contributed by atoms with van der Waals surface area (Å²) < 4.78 is 0.901. The quantitative estimate of drug-likeness (QED) is 0.912. The van der Waals surface area contributed by atoms with Crippen LogP contribution in [0.1, 0.15) is 6.92 Å². The third-order valence-corrected chi connectivity index (χ3v) is 3.78. The van der Waals surface area contributed by atoms with E-state index in [2.05, 4.69) is 50.0 Å². The fraction of sp³-hybridized carbons (Fsp3) is 0.538. The Bertz CT molecular complexity index is 437. The van der Waals surface area contributed by atoms with Crippen LogP contribution in [0.15, 0.2) is 22.8 Å². The molecule has 0 aliphatic carbocycles. The molecule has 0 radical (unpaired) electrons. The molecule has 1 N–H and O–H groups in total. The molecule has 19 heavy (non-hydrogen) atoms. The molecule has 6 heteroatoms. The van der Waals surface area contributed by atoms with Gasteiger partial charge in [-0.25, -0.2) is 4.98 Å². The van der Waals surface area contributed by atoms with E-state index >= 15 is 0 Å². The third-order valence-electron chi connectivity index (χ3n) is 3.31. The van der Waals surface area contributed by atoms with Crippen LogP contribution in [0.5, 0.6) is 0 Å². The number of anilines is 1. The van der Waals surface area contributed by atoms with Crippen molar-refractivity contribution in [3.63, 3.8) is 0 Å². The Morgan fingerprint density at radius 1 is 1.53 bits per heavy atom. The summed E-state index contributed by atoms with van der Waals surface area (Å²) in [6.07, 6.45) is 1.67. The number of halogens is 1. The molecule has 1 saturated heterocycles. The maximum absolute atomic E-state index is 12.0. The number of likely N-dealkylation sites (N-methyl/N-ethyl adjacent to an activating group) is 1. The summed E-state index contributed by atoms with van der Waals surface area (Å²) in [5, 5.41) is 2.82. The molecule has 0 spiro atoms. The van der Waals surface area contributed by atoms with Gasteiger partial charge < -0.3 is 10.2 Å². The van der Waals surface area contributed by atoms with Gasteiger partial charge in [0, 0.05) is 36.3 Å². The lowest BCUT2D eigenvalue weighted by Gasteiger charge is -2.37. The average Bonchev–Trinajstić information content (AvgIpc) is 2.36. The van der Waals surface area contributed by atoms with E-state index in [9.17, 15) is 4.79 Å². The van der Waals surface area contributed by atoms with Crippen molar-refractivity contribution in [3.8, 4) is 0 Å². The minimum absolute atomic E-state index is 0.00812. The summed E-state index contributed by atoms with van der Waals surface area (Å²) in [5.74, 6) is 0.584. The molecule has 1 atom stereocenters. The lowest BCUT2D eigenvalue weighted by atomic mass is 10.2. The van der Waals surface area contributed by atoms with Gasteiger partial charge in [0.05, 0.1) is 6.54 Å². The van der Waals surface area contributed by atoms with Crippen molar-refractivity contribution in [1.82, 2.24) is 14.8 Å². The van der Waals surface area contributed by atoms with Crippen molar-refractivity contribution in [2.24, 2.45) is 0 Å². The summed E-state index contributed by atoms with van der Waals surface area (Å²) >= 11 is 3.32. The number of hydrogen-bond donors (Lipinski definition) is 1. The summed E-state index contributed by atoms with van der Waals surface area (Å²) in [5.41, 5.74) is 0. The average molecular weight is 327 g/mol. The highest BCUT2D eigenvalue weighted by atomic mass is 79.9. The maximum Gasteiger partial charge on any atom is 0.239 e. The second-order valence-corrected chi connectivity index (χ2v) is 5.91. The first-order chi connectivity index (χ1) is 9.04. The van der Waals surface area contributed by atoms with E-state index in [1.807, 2.05) is 6.07 Å². The van der Waals surface area contributed by atoms with Gasteiger partial charge in [0.15, 0.2) is 0 Å². The van der Waals surface area contributed by atoms with Crippen LogP contribution >= 0.6 is 15.9 Å². The van der Waals surface area contributed by atoms with Gasteiger partial charge >= 0.3 is 0 Å². The molecule has 1 aliphatic rings. The number of carbonyl (C=O) groups excluding carboxylic acids is 1. The van der Waals surface area contributed by atoms with E-state index in [1.54, 1.807) is 12.3 Å². The zero-order valence-electron chi connectivity index (χ0n) is 11.3. The van der Waals surface area contributed by atoms with Gasteiger partial charge in [-0.2, -0.15) is 0 Å². The standard InChI is InChI=1S/C13H19BrN4O/c1-10-8-17(2)5-6-18(10)9-13(19)16-12-4-3-11(14)7-15-12/h3-4,7,10H,5-6,8-9H2,1-2H3,(H,15,16,19). The molecule has 1 fully saturated rings. The van der Waals surface area contributed by atoms with E-state index in [0.29, 0.717) is 18.4 Å². The van der Waals surface area contributed by atoms with Gasteiger partial charge in [0.2, 0.25) is 5.91 Å². The number of nitrogens with zero attached hydrogens (tertiary/aromatic N) is 3. The topological polar surface area (TPSA) is 48.5 Å². The SMILES string of the molecule is CC1CN(C)CCN1CC(=O)Nc1ccc(Br)cn1. The third kappa shape index (κ3) is 4.26. The lowest BCUT2D eigenvalue weighted by Crippen LogP contribution is -2.52.